The zero-order valence-corrected chi connectivity index (χ0v) is 16.7. The number of hydrogen-bond acceptors (Lipinski definition) is 1. The zero-order chi connectivity index (χ0) is 15.1. The molecule has 0 saturated carbocycles. The molecule has 3 heteroatoms. The van der Waals surface area contributed by atoms with E-state index in [2.05, 4.69) is 39.7 Å². The summed E-state index contributed by atoms with van der Waals surface area (Å²) in [5.41, 5.74) is 0. The van der Waals surface area contributed by atoms with E-state index >= 15 is 0 Å². The number of nitrogens with zero attached hydrogens (tertiary/aromatic N) is 1. The van der Waals surface area contributed by atoms with Gasteiger partial charge >= 0.3 is 0 Å². The first-order valence-corrected chi connectivity index (χ1v) is 10.2. The quantitative estimate of drug-likeness (QED) is 0.251. The van der Waals surface area contributed by atoms with Crippen LogP contribution in [-0.2, 0) is 0 Å². The van der Waals surface area contributed by atoms with Crippen LogP contribution in [0, 0.1) is 0 Å². The van der Waals surface area contributed by atoms with Crippen LogP contribution in [0.15, 0.2) is 0 Å². The van der Waals surface area contributed by atoms with E-state index in [1.54, 1.807) is 0 Å². The van der Waals surface area contributed by atoms with Crippen LogP contribution >= 0.6 is 11.8 Å². The van der Waals surface area contributed by atoms with Crippen molar-refractivity contribution in [3.63, 3.8) is 0 Å². The van der Waals surface area contributed by atoms with E-state index in [4.69, 9.17) is 0 Å². The maximum atomic E-state index is 2.39. The van der Waals surface area contributed by atoms with E-state index in [0.29, 0.717) is 0 Å². The van der Waals surface area contributed by atoms with Crippen LogP contribution in [0.3, 0.4) is 0 Å². The van der Waals surface area contributed by atoms with E-state index in [1.807, 2.05) is 0 Å². The molecule has 0 aliphatic carbocycles. The highest BCUT2D eigenvalue weighted by molar-refractivity contribution is 7.99. The molecule has 0 spiro atoms. The lowest BCUT2D eigenvalue weighted by atomic mass is 10.1. The molecule has 0 aliphatic rings. The molecule has 0 N–H and O–H groups in total. The topological polar surface area (TPSA) is 0 Å². The van der Waals surface area contributed by atoms with Gasteiger partial charge in [-0.1, -0.05) is 65.2 Å². The van der Waals surface area contributed by atoms with Crippen LogP contribution in [0.1, 0.15) is 84.5 Å². The zero-order valence-electron chi connectivity index (χ0n) is 15.1. The Hall–Kier alpha value is 0.600. The normalized spacial score (nSPS) is 11.4. The van der Waals surface area contributed by atoms with Crippen molar-refractivity contribution in [1.29, 1.82) is 0 Å². The summed E-state index contributed by atoms with van der Waals surface area (Å²) in [6.07, 6.45) is 15.7. The molecule has 0 aliphatic heterocycles. The maximum absolute atomic E-state index is 2.39. The molecule has 0 unspecified atom stereocenters. The van der Waals surface area contributed by atoms with Gasteiger partial charge in [-0.15, -0.1) is 11.8 Å². The summed E-state index contributed by atoms with van der Waals surface area (Å²) in [5, 5.41) is 0. The van der Waals surface area contributed by atoms with Gasteiger partial charge in [-0.2, -0.15) is 0 Å². The second-order valence-electron chi connectivity index (χ2n) is 6.88. The highest BCUT2D eigenvalue weighted by atomic mass is 35.5. The van der Waals surface area contributed by atoms with Gasteiger partial charge in [0.05, 0.1) is 20.6 Å². The van der Waals surface area contributed by atoms with Gasteiger partial charge < -0.3 is 16.9 Å². The summed E-state index contributed by atoms with van der Waals surface area (Å²) in [5.74, 6) is 2.60. The second-order valence-corrected chi connectivity index (χ2v) is 7.95. The Morgan fingerprint density at radius 3 is 1.62 bits per heavy atom. The van der Waals surface area contributed by atoms with Gasteiger partial charge in [-0.3, -0.25) is 0 Å². The fourth-order valence-electron chi connectivity index (χ4n) is 2.55. The first-order chi connectivity index (χ1) is 9.62. The van der Waals surface area contributed by atoms with Crippen molar-refractivity contribution in [3.8, 4) is 0 Å². The fraction of sp³-hybridized carbons (Fsp3) is 1.00. The number of rotatable bonds is 15. The second kappa shape index (κ2) is 17.0. The Balaban J connectivity index is 0. The summed E-state index contributed by atoms with van der Waals surface area (Å²) >= 11 is 2.11. The Morgan fingerprint density at radius 2 is 1.14 bits per heavy atom. The van der Waals surface area contributed by atoms with Crippen LogP contribution in [0.2, 0.25) is 0 Å². The number of quaternary nitrogens is 1. The molecule has 1 nitrogen and oxygen atoms in total. The third-order valence-corrected chi connectivity index (χ3v) is 5.48. The maximum Gasteiger partial charge on any atom is 0.125 e. The van der Waals surface area contributed by atoms with Crippen molar-refractivity contribution in [1.82, 2.24) is 0 Å². The summed E-state index contributed by atoms with van der Waals surface area (Å²) in [6, 6.07) is 0. The number of thioether (sulfide) groups is 1. The molecule has 0 radical (unpaired) electrons. The van der Waals surface area contributed by atoms with Gasteiger partial charge in [0, 0.05) is 0 Å². The van der Waals surface area contributed by atoms with Crippen LogP contribution in [0.25, 0.3) is 0 Å². The van der Waals surface area contributed by atoms with Gasteiger partial charge in [0.25, 0.3) is 0 Å². The SMILES string of the molecule is CCCCCCCCCCCC[N+](C)(C)CSCCC.[Cl-]. The molecule has 0 aromatic heterocycles. The molecule has 0 heterocycles. The van der Waals surface area contributed by atoms with E-state index in [9.17, 15) is 0 Å². The average molecular weight is 338 g/mol. The molecule has 0 rings (SSSR count). The van der Waals surface area contributed by atoms with Gasteiger partial charge in [0.15, 0.2) is 0 Å². The molecule has 0 fully saturated rings. The van der Waals surface area contributed by atoms with E-state index < -0.39 is 0 Å². The molecular formula is C18H40ClNS. The van der Waals surface area contributed by atoms with Gasteiger partial charge in [-0.25, -0.2) is 0 Å². The number of halogens is 1. The van der Waals surface area contributed by atoms with Crippen molar-refractivity contribution in [2.24, 2.45) is 0 Å². The lowest BCUT2D eigenvalue weighted by Crippen LogP contribution is -3.00. The van der Waals surface area contributed by atoms with Crippen LogP contribution in [0.4, 0.5) is 0 Å². The van der Waals surface area contributed by atoms with Crippen molar-refractivity contribution in [3.05, 3.63) is 0 Å². The fourth-order valence-corrected chi connectivity index (χ4v) is 3.59. The molecule has 130 valence electrons. The lowest BCUT2D eigenvalue weighted by molar-refractivity contribution is -0.877. The number of unbranched alkanes of at least 4 members (excludes halogenated alkanes) is 9. The van der Waals surface area contributed by atoms with Gasteiger partial charge in [-0.05, 0) is 25.0 Å². The monoisotopic (exact) mass is 337 g/mol. The van der Waals surface area contributed by atoms with Crippen molar-refractivity contribution in [2.75, 3.05) is 32.3 Å². The van der Waals surface area contributed by atoms with E-state index in [1.165, 1.54) is 93.3 Å². The summed E-state index contributed by atoms with van der Waals surface area (Å²) in [7, 11) is 4.77. The van der Waals surface area contributed by atoms with Gasteiger partial charge in [0.1, 0.15) is 5.88 Å². The van der Waals surface area contributed by atoms with E-state index in [0.717, 1.165) is 0 Å². The minimum Gasteiger partial charge on any atom is -1.00 e. The van der Waals surface area contributed by atoms with Crippen LogP contribution in [0.5, 0.6) is 0 Å². The molecule has 21 heavy (non-hydrogen) atoms. The largest absolute Gasteiger partial charge is 1.00 e. The van der Waals surface area contributed by atoms with Crippen molar-refractivity contribution in [2.45, 2.75) is 84.5 Å². The van der Waals surface area contributed by atoms with Crippen LogP contribution in [-0.4, -0.2) is 36.8 Å². The Kier molecular flexibility index (Phi) is 19.3. The number of hydrogen-bond donors (Lipinski definition) is 0. The molecule has 0 saturated heterocycles. The predicted octanol–water partition coefficient (Wildman–Crippen LogP) is 3.09. The van der Waals surface area contributed by atoms with Gasteiger partial charge in [0.2, 0.25) is 0 Å². The molecule has 0 bridgehead atoms. The minimum absolute atomic E-state index is 0. The standard InChI is InChI=1S/C18H40NS.ClH/c1-5-7-8-9-10-11-12-13-14-15-16-19(3,4)18-20-17-6-2;/h5-18H2,1-4H3;1H/q+1;/p-1. The highest BCUT2D eigenvalue weighted by Crippen LogP contribution is 2.14. The average Bonchev–Trinajstić information content (AvgIpc) is 2.41. The Labute approximate surface area is 145 Å². The molecule has 0 aromatic rings. The third-order valence-electron chi connectivity index (χ3n) is 3.91. The van der Waals surface area contributed by atoms with E-state index in [-0.39, 0.29) is 12.4 Å². The van der Waals surface area contributed by atoms with Crippen molar-refractivity contribution >= 4 is 11.8 Å². The summed E-state index contributed by atoms with van der Waals surface area (Å²) in [6.45, 7) is 5.92. The predicted molar refractivity (Wildman–Crippen MR) is 96.4 cm³/mol. The lowest BCUT2D eigenvalue weighted by Gasteiger charge is -2.29. The van der Waals surface area contributed by atoms with Crippen molar-refractivity contribution < 1.29 is 16.9 Å². The minimum atomic E-state index is 0. The first kappa shape index (κ1) is 23.9. The highest BCUT2D eigenvalue weighted by Gasteiger charge is 2.13. The summed E-state index contributed by atoms with van der Waals surface area (Å²) < 4.78 is 1.20. The molecule has 0 aromatic carbocycles. The van der Waals surface area contributed by atoms with Crippen LogP contribution < -0.4 is 12.4 Å². The molecule has 0 amide bonds. The molecule has 0 atom stereocenters. The Bertz CT molecular complexity index is 198. The third kappa shape index (κ3) is 18.6. The first-order valence-electron chi connectivity index (χ1n) is 9.02. The smallest absolute Gasteiger partial charge is 0.125 e. The molecular weight excluding hydrogens is 298 g/mol. The summed E-state index contributed by atoms with van der Waals surface area (Å²) in [4.78, 5) is 0. The Morgan fingerprint density at radius 1 is 0.667 bits per heavy atom.